The summed E-state index contributed by atoms with van der Waals surface area (Å²) in [6.45, 7) is 0. The Bertz CT molecular complexity index is 471. The van der Waals surface area contributed by atoms with Crippen LogP contribution in [0.3, 0.4) is 0 Å². The molecule has 0 unspecified atom stereocenters. The highest BCUT2D eigenvalue weighted by Gasteiger charge is 1.99. The summed E-state index contributed by atoms with van der Waals surface area (Å²) >= 11 is 0. The summed E-state index contributed by atoms with van der Waals surface area (Å²) in [5, 5.41) is 10.5. The van der Waals surface area contributed by atoms with Crippen LogP contribution in [-0.2, 0) is 0 Å². The molecule has 0 N–H and O–H groups in total. The number of nitrogens with zero attached hydrogens (tertiary/aromatic N) is 1. The normalized spacial score (nSPS) is 8.79. The van der Waals surface area contributed by atoms with Crippen LogP contribution in [0.1, 0.15) is 0 Å². The largest absolute Gasteiger partial charge is 0.387 e. The fourth-order valence-electron chi connectivity index (χ4n) is 1.33. The number of rotatable bonds is 1. The molecule has 2 aromatic rings. The van der Waals surface area contributed by atoms with E-state index in [1.54, 1.807) is 12.3 Å². The molecule has 2 rings (SSSR count). The lowest BCUT2D eigenvalue weighted by Crippen LogP contribution is -1.82. The van der Waals surface area contributed by atoms with Crippen molar-refractivity contribution in [3.05, 3.63) is 42.5 Å². The molecule has 3 heteroatoms. The minimum atomic E-state index is 0. The Morgan fingerprint density at radius 1 is 1.00 bits per heavy atom. The van der Waals surface area contributed by atoms with Crippen molar-refractivity contribution in [2.24, 2.45) is 0 Å². The van der Waals surface area contributed by atoms with Gasteiger partial charge in [-0.15, -0.1) is 5.26 Å². The van der Waals surface area contributed by atoms with Crippen LogP contribution in [0, 0.1) is 11.5 Å². The van der Waals surface area contributed by atoms with Gasteiger partial charge in [0.2, 0.25) is 0 Å². The first-order chi connectivity index (χ1) is 6.42. The van der Waals surface area contributed by atoms with Crippen molar-refractivity contribution in [1.29, 1.82) is 5.26 Å². The van der Waals surface area contributed by atoms with Gasteiger partial charge in [0.05, 0.1) is 0 Å². The van der Waals surface area contributed by atoms with Crippen molar-refractivity contribution >= 4 is 24.3 Å². The summed E-state index contributed by atoms with van der Waals surface area (Å²) in [5.41, 5.74) is 0. The Hall–Kier alpha value is -1.66. The maximum absolute atomic E-state index is 8.41. The summed E-state index contributed by atoms with van der Waals surface area (Å²) in [4.78, 5) is 0. The quantitative estimate of drug-likeness (QED) is 0.668. The molecule has 0 aromatic heterocycles. The molecule has 0 saturated carbocycles. The van der Waals surface area contributed by atoms with Gasteiger partial charge in [0, 0.05) is 5.39 Å². The molecule has 0 heterocycles. The van der Waals surface area contributed by atoms with Gasteiger partial charge in [0.15, 0.2) is 0 Å². The third-order valence-corrected chi connectivity index (χ3v) is 1.91. The molecule has 70 valence electrons. The Kier molecular flexibility index (Phi) is 3.38. The lowest BCUT2D eigenvalue weighted by atomic mass is 10.1. The molecule has 2 nitrogen and oxygen atoms in total. The van der Waals surface area contributed by atoms with E-state index in [1.807, 2.05) is 36.4 Å². The summed E-state index contributed by atoms with van der Waals surface area (Å²) in [7, 11) is 0. The van der Waals surface area contributed by atoms with E-state index in [0.717, 1.165) is 10.8 Å². The highest BCUT2D eigenvalue weighted by Crippen LogP contribution is 2.24. The van der Waals surface area contributed by atoms with Crippen molar-refractivity contribution in [2.45, 2.75) is 0 Å². The minimum absolute atomic E-state index is 0. The zero-order valence-electron chi connectivity index (χ0n) is 7.40. The summed E-state index contributed by atoms with van der Waals surface area (Å²) in [5.74, 6) is 0.612. The van der Waals surface area contributed by atoms with Crippen LogP contribution >= 0.6 is 13.5 Å². The SMILES string of the molecule is N#COc1cccc2ccccc12.S. The van der Waals surface area contributed by atoms with Crippen molar-refractivity contribution in [2.75, 3.05) is 0 Å². The monoisotopic (exact) mass is 203 g/mol. The molecule has 0 aliphatic rings. The number of benzene rings is 2. The predicted octanol–water partition coefficient (Wildman–Crippen LogP) is 2.81. The summed E-state index contributed by atoms with van der Waals surface area (Å²) in [6, 6.07) is 13.4. The third-order valence-electron chi connectivity index (χ3n) is 1.91. The first-order valence-electron chi connectivity index (χ1n) is 3.95. The lowest BCUT2D eigenvalue weighted by Gasteiger charge is -2.00. The number of hydrogen-bond acceptors (Lipinski definition) is 2. The molecule has 0 radical (unpaired) electrons. The maximum atomic E-state index is 8.41. The van der Waals surface area contributed by atoms with E-state index < -0.39 is 0 Å². The van der Waals surface area contributed by atoms with Crippen LogP contribution < -0.4 is 4.74 Å². The van der Waals surface area contributed by atoms with Gasteiger partial charge in [-0.25, -0.2) is 0 Å². The molecule has 0 aliphatic carbocycles. The van der Waals surface area contributed by atoms with Gasteiger partial charge in [-0.1, -0.05) is 36.4 Å². The molecule has 0 fully saturated rings. The number of fused-ring (bicyclic) bond motifs is 1. The molecular formula is C11H9NOS. The van der Waals surface area contributed by atoms with Crippen LogP contribution in [-0.4, -0.2) is 0 Å². The second kappa shape index (κ2) is 4.54. The Morgan fingerprint density at radius 3 is 2.50 bits per heavy atom. The lowest BCUT2D eigenvalue weighted by molar-refractivity contribution is 0.513. The Morgan fingerprint density at radius 2 is 1.71 bits per heavy atom. The molecule has 0 aliphatic heterocycles. The van der Waals surface area contributed by atoms with Crippen molar-refractivity contribution in [3.8, 4) is 12.0 Å². The fourth-order valence-corrected chi connectivity index (χ4v) is 1.33. The molecule has 0 atom stereocenters. The van der Waals surface area contributed by atoms with Gasteiger partial charge in [0.1, 0.15) is 5.75 Å². The van der Waals surface area contributed by atoms with Gasteiger partial charge in [0.25, 0.3) is 6.26 Å². The molecule has 0 spiro atoms. The molecule has 0 bridgehead atoms. The second-order valence-electron chi connectivity index (χ2n) is 2.67. The third kappa shape index (κ3) is 1.81. The Labute approximate surface area is 89.2 Å². The summed E-state index contributed by atoms with van der Waals surface area (Å²) in [6.07, 6.45) is 1.68. The standard InChI is InChI=1S/C11H7NO.H2S/c12-8-13-11-7-3-5-9-4-1-2-6-10(9)11;/h1-7H;1H2. The van der Waals surface area contributed by atoms with E-state index in [1.165, 1.54) is 0 Å². The number of ether oxygens (including phenoxy) is 1. The van der Waals surface area contributed by atoms with Crippen LogP contribution in [0.15, 0.2) is 42.5 Å². The minimum Gasteiger partial charge on any atom is -0.387 e. The van der Waals surface area contributed by atoms with E-state index in [4.69, 9.17) is 10.00 Å². The molecular weight excluding hydrogens is 194 g/mol. The molecule has 14 heavy (non-hydrogen) atoms. The second-order valence-corrected chi connectivity index (χ2v) is 2.67. The molecule has 2 aromatic carbocycles. The Balaban J connectivity index is 0.000000980. The van der Waals surface area contributed by atoms with Gasteiger partial charge < -0.3 is 4.74 Å². The van der Waals surface area contributed by atoms with E-state index in [-0.39, 0.29) is 13.5 Å². The average molecular weight is 203 g/mol. The zero-order chi connectivity index (χ0) is 9.10. The van der Waals surface area contributed by atoms with Crippen LogP contribution in [0.2, 0.25) is 0 Å². The van der Waals surface area contributed by atoms with Crippen LogP contribution in [0.25, 0.3) is 10.8 Å². The topological polar surface area (TPSA) is 33.0 Å². The van der Waals surface area contributed by atoms with Crippen LogP contribution in [0.4, 0.5) is 0 Å². The van der Waals surface area contributed by atoms with Crippen LogP contribution in [0.5, 0.6) is 5.75 Å². The van der Waals surface area contributed by atoms with E-state index in [9.17, 15) is 0 Å². The number of nitriles is 1. The van der Waals surface area contributed by atoms with Gasteiger partial charge in [-0.3, -0.25) is 0 Å². The average Bonchev–Trinajstić information content (AvgIpc) is 2.19. The number of hydrogen-bond donors (Lipinski definition) is 0. The van der Waals surface area contributed by atoms with Crippen molar-refractivity contribution in [1.82, 2.24) is 0 Å². The van der Waals surface area contributed by atoms with E-state index in [0.29, 0.717) is 5.75 Å². The molecule has 0 amide bonds. The highest BCUT2D eigenvalue weighted by atomic mass is 32.1. The van der Waals surface area contributed by atoms with E-state index >= 15 is 0 Å². The first kappa shape index (κ1) is 10.4. The van der Waals surface area contributed by atoms with Gasteiger partial charge in [-0.05, 0) is 11.5 Å². The fraction of sp³-hybridized carbons (Fsp3) is 0. The van der Waals surface area contributed by atoms with Crippen molar-refractivity contribution in [3.63, 3.8) is 0 Å². The predicted molar refractivity (Wildman–Crippen MR) is 60.6 cm³/mol. The molecule has 0 saturated heterocycles. The van der Waals surface area contributed by atoms with Gasteiger partial charge >= 0.3 is 0 Å². The maximum Gasteiger partial charge on any atom is 0.292 e. The van der Waals surface area contributed by atoms with Gasteiger partial charge in [-0.2, -0.15) is 13.5 Å². The smallest absolute Gasteiger partial charge is 0.292 e. The first-order valence-corrected chi connectivity index (χ1v) is 3.95. The zero-order valence-corrected chi connectivity index (χ0v) is 8.40. The highest BCUT2D eigenvalue weighted by molar-refractivity contribution is 7.59. The summed E-state index contributed by atoms with van der Waals surface area (Å²) < 4.78 is 4.82. The van der Waals surface area contributed by atoms with E-state index in [2.05, 4.69) is 0 Å². The van der Waals surface area contributed by atoms with Crippen molar-refractivity contribution < 1.29 is 4.74 Å².